The largest absolute Gasteiger partial charge is 0.390 e. The van der Waals surface area contributed by atoms with Crippen LogP contribution in [0.15, 0.2) is 4.52 Å². The van der Waals surface area contributed by atoms with E-state index in [1.807, 2.05) is 0 Å². The Morgan fingerprint density at radius 2 is 2.23 bits per heavy atom. The molecule has 1 aromatic heterocycles. The number of nitrogens with one attached hydrogen (secondary N) is 1. The zero-order chi connectivity index (χ0) is 15.5. The maximum Gasteiger partial charge on any atom is 0.240 e. The molecule has 1 aromatic rings. The molecule has 122 valence electrons. The van der Waals surface area contributed by atoms with Crippen LogP contribution in [0.3, 0.4) is 0 Å². The second-order valence-corrected chi connectivity index (χ2v) is 6.08. The van der Waals surface area contributed by atoms with Crippen molar-refractivity contribution in [2.75, 3.05) is 39.8 Å². The lowest BCUT2D eigenvalue weighted by atomic mass is 10.3. The molecule has 0 aromatic carbocycles. The van der Waals surface area contributed by atoms with E-state index in [1.54, 1.807) is 11.9 Å². The molecule has 1 saturated heterocycles. The van der Waals surface area contributed by atoms with Crippen molar-refractivity contribution in [1.82, 2.24) is 25.3 Å². The Bertz CT molecular complexity index is 516. The van der Waals surface area contributed by atoms with Gasteiger partial charge in [0.25, 0.3) is 0 Å². The summed E-state index contributed by atoms with van der Waals surface area (Å²) in [5.41, 5.74) is 0. The zero-order valence-electron chi connectivity index (χ0n) is 12.9. The fourth-order valence-electron chi connectivity index (χ4n) is 2.72. The summed E-state index contributed by atoms with van der Waals surface area (Å²) in [6.07, 6.45) is 1.72. The van der Waals surface area contributed by atoms with Crippen LogP contribution in [-0.2, 0) is 11.3 Å². The number of aliphatic hydroxyl groups excluding tert-OH is 1. The van der Waals surface area contributed by atoms with Crippen LogP contribution in [0.4, 0.5) is 0 Å². The van der Waals surface area contributed by atoms with Crippen molar-refractivity contribution < 1.29 is 14.4 Å². The Hall–Kier alpha value is -1.51. The summed E-state index contributed by atoms with van der Waals surface area (Å²) in [5, 5.41) is 17.0. The van der Waals surface area contributed by atoms with Gasteiger partial charge in [-0.15, -0.1) is 0 Å². The molecule has 2 aliphatic rings. The van der Waals surface area contributed by atoms with Gasteiger partial charge in [0.1, 0.15) is 0 Å². The molecule has 1 aliphatic heterocycles. The number of hydrogen-bond donors (Lipinski definition) is 2. The first-order valence-corrected chi connectivity index (χ1v) is 7.81. The molecule has 1 saturated carbocycles. The minimum Gasteiger partial charge on any atom is -0.390 e. The molecule has 1 atom stereocenters. The number of nitrogens with zero attached hydrogens (tertiary/aromatic N) is 4. The highest BCUT2D eigenvalue weighted by molar-refractivity contribution is 5.78. The predicted molar refractivity (Wildman–Crippen MR) is 78.1 cm³/mol. The first-order valence-electron chi connectivity index (χ1n) is 7.81. The number of likely N-dealkylation sites (N-methyl/N-ethyl adjacent to an activating group) is 1. The van der Waals surface area contributed by atoms with Crippen LogP contribution in [0.25, 0.3) is 0 Å². The van der Waals surface area contributed by atoms with E-state index >= 15 is 0 Å². The van der Waals surface area contributed by atoms with Crippen molar-refractivity contribution in [1.29, 1.82) is 0 Å². The minimum absolute atomic E-state index is 0.0113. The Morgan fingerprint density at radius 3 is 2.95 bits per heavy atom. The van der Waals surface area contributed by atoms with Gasteiger partial charge in [0.05, 0.1) is 19.2 Å². The number of rotatable bonds is 5. The Labute approximate surface area is 129 Å². The van der Waals surface area contributed by atoms with Crippen molar-refractivity contribution in [3.05, 3.63) is 11.7 Å². The first kappa shape index (κ1) is 15.4. The van der Waals surface area contributed by atoms with Gasteiger partial charge in [0, 0.05) is 32.1 Å². The monoisotopic (exact) mass is 309 g/mol. The third-order valence-corrected chi connectivity index (χ3v) is 4.05. The molecule has 2 N–H and O–H groups in total. The fourth-order valence-corrected chi connectivity index (χ4v) is 2.72. The summed E-state index contributed by atoms with van der Waals surface area (Å²) in [7, 11) is 1.74. The van der Waals surface area contributed by atoms with Crippen LogP contribution in [0.2, 0.25) is 0 Å². The average Bonchev–Trinajstić information content (AvgIpc) is 3.25. The van der Waals surface area contributed by atoms with Crippen LogP contribution in [0.5, 0.6) is 0 Å². The van der Waals surface area contributed by atoms with E-state index in [2.05, 4.69) is 20.4 Å². The van der Waals surface area contributed by atoms with Crippen LogP contribution >= 0.6 is 0 Å². The van der Waals surface area contributed by atoms with Crippen LogP contribution in [0.1, 0.15) is 30.5 Å². The number of carbonyl (C=O) groups is 1. The summed E-state index contributed by atoms with van der Waals surface area (Å²) in [4.78, 5) is 20.1. The highest BCUT2D eigenvalue weighted by Gasteiger charge is 2.30. The van der Waals surface area contributed by atoms with Gasteiger partial charge in [-0.1, -0.05) is 5.16 Å². The standard InChI is InChI=1S/C14H23N5O3/c1-15-6-13(21)19-5-4-18(7-11(20)8-19)9-12-16-14(17-22-12)10-2-3-10/h10-11,15,20H,2-9H2,1H3/t11-/m0/s1. The van der Waals surface area contributed by atoms with Gasteiger partial charge < -0.3 is 19.8 Å². The Morgan fingerprint density at radius 1 is 1.41 bits per heavy atom. The summed E-state index contributed by atoms with van der Waals surface area (Å²) >= 11 is 0. The Balaban J connectivity index is 1.56. The quantitative estimate of drug-likeness (QED) is 0.733. The molecule has 8 heteroatoms. The topological polar surface area (TPSA) is 94.7 Å². The van der Waals surface area contributed by atoms with E-state index in [0.29, 0.717) is 51.1 Å². The molecular formula is C14H23N5O3. The lowest BCUT2D eigenvalue weighted by Crippen LogP contribution is -2.41. The summed E-state index contributed by atoms with van der Waals surface area (Å²) in [5.74, 6) is 1.87. The molecule has 0 bridgehead atoms. The molecule has 2 fully saturated rings. The number of aliphatic hydroxyl groups is 1. The van der Waals surface area contributed by atoms with Crippen molar-refractivity contribution in [3.8, 4) is 0 Å². The third-order valence-electron chi connectivity index (χ3n) is 4.05. The SMILES string of the molecule is CNCC(=O)N1CCN(Cc2nc(C3CC3)no2)C[C@H](O)C1. The van der Waals surface area contributed by atoms with Gasteiger partial charge in [-0.05, 0) is 19.9 Å². The molecule has 0 spiro atoms. The number of hydrogen-bond acceptors (Lipinski definition) is 7. The van der Waals surface area contributed by atoms with Gasteiger partial charge in [-0.3, -0.25) is 9.69 Å². The number of amides is 1. The molecule has 0 unspecified atom stereocenters. The van der Waals surface area contributed by atoms with E-state index in [1.165, 1.54) is 0 Å². The van der Waals surface area contributed by atoms with Crippen LogP contribution < -0.4 is 5.32 Å². The van der Waals surface area contributed by atoms with E-state index < -0.39 is 6.10 Å². The number of carbonyl (C=O) groups excluding carboxylic acids is 1. The van der Waals surface area contributed by atoms with E-state index in [9.17, 15) is 9.90 Å². The van der Waals surface area contributed by atoms with E-state index in [0.717, 1.165) is 18.7 Å². The molecule has 1 amide bonds. The molecule has 1 aliphatic carbocycles. The van der Waals surface area contributed by atoms with Crippen molar-refractivity contribution in [2.24, 2.45) is 0 Å². The maximum atomic E-state index is 11.9. The average molecular weight is 309 g/mol. The van der Waals surface area contributed by atoms with Gasteiger partial charge >= 0.3 is 0 Å². The van der Waals surface area contributed by atoms with Crippen molar-refractivity contribution in [2.45, 2.75) is 31.4 Å². The summed E-state index contributed by atoms with van der Waals surface area (Å²) in [6, 6.07) is 0. The van der Waals surface area contributed by atoms with Gasteiger partial charge in [0.2, 0.25) is 11.8 Å². The van der Waals surface area contributed by atoms with Crippen LogP contribution in [0, 0.1) is 0 Å². The second kappa shape index (κ2) is 6.72. The normalized spacial score (nSPS) is 23.5. The predicted octanol–water partition coefficient (Wildman–Crippen LogP) is -0.828. The van der Waals surface area contributed by atoms with Gasteiger partial charge in [-0.2, -0.15) is 4.98 Å². The van der Waals surface area contributed by atoms with Crippen molar-refractivity contribution in [3.63, 3.8) is 0 Å². The molecule has 2 heterocycles. The van der Waals surface area contributed by atoms with Gasteiger partial charge in [-0.25, -0.2) is 0 Å². The highest BCUT2D eigenvalue weighted by Crippen LogP contribution is 2.38. The molecule has 22 heavy (non-hydrogen) atoms. The smallest absolute Gasteiger partial charge is 0.240 e. The van der Waals surface area contributed by atoms with Crippen molar-refractivity contribution >= 4 is 5.91 Å². The Kier molecular flexibility index (Phi) is 4.70. The highest BCUT2D eigenvalue weighted by atomic mass is 16.5. The second-order valence-electron chi connectivity index (χ2n) is 6.08. The fraction of sp³-hybridized carbons (Fsp3) is 0.786. The van der Waals surface area contributed by atoms with E-state index in [4.69, 9.17) is 4.52 Å². The maximum absolute atomic E-state index is 11.9. The molecular weight excluding hydrogens is 286 g/mol. The van der Waals surface area contributed by atoms with Gasteiger partial charge in [0.15, 0.2) is 5.82 Å². The minimum atomic E-state index is -0.561. The number of aromatic nitrogens is 2. The summed E-state index contributed by atoms with van der Waals surface area (Å²) in [6.45, 7) is 2.97. The third kappa shape index (κ3) is 3.82. The molecule has 8 nitrogen and oxygen atoms in total. The molecule has 0 radical (unpaired) electrons. The lowest BCUT2D eigenvalue weighted by molar-refractivity contribution is -0.131. The summed E-state index contributed by atoms with van der Waals surface area (Å²) < 4.78 is 5.28. The zero-order valence-corrected chi connectivity index (χ0v) is 12.9. The van der Waals surface area contributed by atoms with E-state index in [-0.39, 0.29) is 5.91 Å². The van der Waals surface area contributed by atoms with Crippen LogP contribution in [-0.4, -0.2) is 76.8 Å². The first-order chi connectivity index (χ1) is 10.7. The lowest BCUT2D eigenvalue weighted by Gasteiger charge is -2.21. The number of β-amino-alcohol motifs (C(OH)–C–C–N with tert-alkyl or cyclic N) is 1. The molecule has 3 rings (SSSR count).